The van der Waals surface area contributed by atoms with Crippen LogP contribution in [0.3, 0.4) is 0 Å². The zero-order chi connectivity index (χ0) is 18.5. The lowest BCUT2D eigenvalue weighted by Crippen LogP contribution is -2.11. The van der Waals surface area contributed by atoms with Crippen LogP contribution in [-0.2, 0) is 13.7 Å². The van der Waals surface area contributed by atoms with Crippen LogP contribution in [0.5, 0.6) is 5.75 Å². The Morgan fingerprint density at radius 1 is 1.13 bits per heavy atom. The Morgan fingerprint density at radius 3 is 1.96 bits per heavy atom. The average Bonchev–Trinajstić information content (AvgIpc) is 2.28. The maximum Gasteiger partial charge on any atom is 0.524 e. The molecule has 0 radical (unpaired) electrons. The largest absolute Gasteiger partial charge is 0.524 e. The van der Waals surface area contributed by atoms with Crippen molar-refractivity contribution in [2.45, 2.75) is 10.7 Å². The molecule has 0 amide bonds. The minimum atomic E-state index is -4.52. The fraction of sp³-hybridized carbons (Fsp3) is 0.333. The van der Waals surface area contributed by atoms with Crippen LogP contribution in [-0.4, -0.2) is 30.0 Å². The number of aryl methyl sites for hydroxylation is 1. The molecule has 1 rings (SSSR count). The maximum atomic E-state index is 10.5. The van der Waals surface area contributed by atoms with Crippen LogP contribution in [0.2, 0.25) is 0 Å². The Balaban J connectivity index is 0.000000438. The number of benzene rings is 1. The molecule has 0 atom stereocenters. The van der Waals surface area contributed by atoms with Crippen molar-refractivity contribution in [3.63, 3.8) is 0 Å². The SMILES string of the molecule is Cc1ccc(OP(=O)(O)O)c(Br)c1.O=P(O)(O)OCC(Cl)(Cl)Cl. The quantitative estimate of drug-likeness (QED) is 0.366. The summed E-state index contributed by atoms with van der Waals surface area (Å²) in [6.45, 7) is 1.23. The average molecular weight is 496 g/mol. The number of phosphoric ester groups is 2. The summed E-state index contributed by atoms with van der Waals surface area (Å²) in [6.07, 6.45) is 0. The first-order valence-electron chi connectivity index (χ1n) is 5.37. The Morgan fingerprint density at radius 2 is 1.65 bits per heavy atom. The molecule has 8 nitrogen and oxygen atoms in total. The number of alkyl halides is 3. The highest BCUT2D eigenvalue weighted by Gasteiger charge is 2.25. The molecular formula is C9H12BrCl3O8P2. The molecule has 0 fully saturated rings. The van der Waals surface area contributed by atoms with Crippen molar-refractivity contribution in [3.05, 3.63) is 28.2 Å². The van der Waals surface area contributed by atoms with Crippen molar-refractivity contribution in [1.82, 2.24) is 0 Å². The molecule has 1 aromatic carbocycles. The van der Waals surface area contributed by atoms with Gasteiger partial charge in [-0.3, -0.25) is 14.3 Å². The van der Waals surface area contributed by atoms with Crippen LogP contribution in [0.15, 0.2) is 22.7 Å². The number of hydrogen-bond donors (Lipinski definition) is 4. The lowest BCUT2D eigenvalue weighted by atomic mass is 10.2. The van der Waals surface area contributed by atoms with Crippen molar-refractivity contribution < 1.29 is 37.8 Å². The highest BCUT2D eigenvalue weighted by Crippen LogP contribution is 2.41. The van der Waals surface area contributed by atoms with Crippen LogP contribution in [0.4, 0.5) is 0 Å². The Labute approximate surface area is 155 Å². The molecule has 0 spiro atoms. The van der Waals surface area contributed by atoms with Gasteiger partial charge in [-0.25, -0.2) is 9.13 Å². The third-order valence-electron chi connectivity index (χ3n) is 1.70. The minimum Gasteiger partial charge on any atom is -0.403 e. The molecular weight excluding hydrogens is 484 g/mol. The summed E-state index contributed by atoms with van der Waals surface area (Å²) in [5.41, 5.74) is 0.977. The molecule has 14 heteroatoms. The van der Waals surface area contributed by atoms with E-state index in [1.807, 2.05) is 6.92 Å². The topological polar surface area (TPSA) is 134 Å². The number of rotatable bonds is 4. The molecule has 0 aliphatic heterocycles. The third-order valence-corrected chi connectivity index (χ3v) is 3.55. The molecule has 0 aliphatic carbocycles. The molecule has 1 aromatic rings. The van der Waals surface area contributed by atoms with Gasteiger partial charge in [-0.05, 0) is 40.5 Å². The van der Waals surface area contributed by atoms with Gasteiger partial charge in [0.25, 0.3) is 0 Å². The Kier molecular flexibility index (Phi) is 9.62. The van der Waals surface area contributed by atoms with Gasteiger partial charge in [-0.1, -0.05) is 40.9 Å². The monoisotopic (exact) mass is 494 g/mol. The highest BCUT2D eigenvalue weighted by molar-refractivity contribution is 9.10. The van der Waals surface area contributed by atoms with Gasteiger partial charge in [0, 0.05) is 0 Å². The first-order chi connectivity index (χ1) is 10.1. The second kappa shape index (κ2) is 9.36. The summed E-state index contributed by atoms with van der Waals surface area (Å²) < 4.78 is 27.5. The molecule has 0 heterocycles. The van der Waals surface area contributed by atoms with Gasteiger partial charge >= 0.3 is 15.6 Å². The summed E-state index contributed by atoms with van der Waals surface area (Å²) >= 11 is 18.4. The van der Waals surface area contributed by atoms with E-state index < -0.39 is 26.0 Å². The predicted molar refractivity (Wildman–Crippen MR) is 89.8 cm³/mol. The van der Waals surface area contributed by atoms with E-state index >= 15 is 0 Å². The van der Waals surface area contributed by atoms with Gasteiger partial charge in [0.2, 0.25) is 3.79 Å². The van der Waals surface area contributed by atoms with E-state index in [9.17, 15) is 9.13 Å². The van der Waals surface area contributed by atoms with Crippen molar-refractivity contribution in [3.8, 4) is 5.75 Å². The zero-order valence-corrected chi connectivity index (χ0v) is 16.9. The van der Waals surface area contributed by atoms with E-state index in [-0.39, 0.29) is 5.75 Å². The number of phosphoric acid groups is 2. The summed E-state index contributed by atoms with van der Waals surface area (Å²) in [5.74, 6) is 0.138. The molecule has 23 heavy (non-hydrogen) atoms. The van der Waals surface area contributed by atoms with Crippen LogP contribution >= 0.6 is 66.4 Å². The highest BCUT2D eigenvalue weighted by atomic mass is 79.9. The van der Waals surface area contributed by atoms with E-state index in [2.05, 4.69) is 25.0 Å². The third kappa shape index (κ3) is 14.7. The lowest BCUT2D eigenvalue weighted by Gasteiger charge is -2.10. The molecule has 0 aliphatic rings. The molecule has 0 unspecified atom stereocenters. The standard InChI is InChI=1S/C7H8BrO4P.C2H4Cl3O4P/c1-5-2-3-7(6(8)4-5)12-13(9,10)11;3-2(4,5)1-9-10(6,7)8/h2-4H,1H3,(H2,9,10,11);1H2,(H2,6,7,8). The van der Waals surface area contributed by atoms with Gasteiger partial charge in [-0.2, -0.15) is 0 Å². The number of halogens is 4. The normalized spacial score (nSPS) is 12.4. The van der Waals surface area contributed by atoms with E-state index in [1.165, 1.54) is 6.07 Å². The second-order valence-corrected chi connectivity index (χ2v) is 9.67. The molecule has 134 valence electrons. The van der Waals surface area contributed by atoms with Crippen LogP contribution in [0, 0.1) is 6.92 Å². The van der Waals surface area contributed by atoms with Gasteiger partial charge in [0.1, 0.15) is 12.4 Å². The van der Waals surface area contributed by atoms with E-state index in [0.717, 1.165) is 5.56 Å². The predicted octanol–water partition coefficient (Wildman–Crippen LogP) is 3.69. The van der Waals surface area contributed by atoms with Gasteiger partial charge in [0.05, 0.1) is 4.47 Å². The van der Waals surface area contributed by atoms with Gasteiger partial charge in [-0.15, -0.1) is 0 Å². The smallest absolute Gasteiger partial charge is 0.403 e. The van der Waals surface area contributed by atoms with Gasteiger partial charge < -0.3 is 14.3 Å². The summed E-state index contributed by atoms with van der Waals surface area (Å²) in [5, 5.41) is 0. The first-order valence-corrected chi connectivity index (χ1v) is 10.4. The van der Waals surface area contributed by atoms with Crippen LogP contribution in [0.1, 0.15) is 5.56 Å². The molecule has 0 saturated heterocycles. The van der Waals surface area contributed by atoms with Crippen molar-refractivity contribution in [2.24, 2.45) is 0 Å². The van der Waals surface area contributed by atoms with E-state index in [0.29, 0.717) is 4.47 Å². The fourth-order valence-electron chi connectivity index (χ4n) is 0.965. The molecule has 0 aromatic heterocycles. The van der Waals surface area contributed by atoms with Crippen LogP contribution in [0.25, 0.3) is 0 Å². The van der Waals surface area contributed by atoms with Crippen molar-refractivity contribution >= 4 is 66.4 Å². The minimum absolute atomic E-state index is 0.138. The fourth-order valence-corrected chi connectivity index (χ4v) is 2.83. The summed E-state index contributed by atoms with van der Waals surface area (Å²) in [4.78, 5) is 33.3. The van der Waals surface area contributed by atoms with E-state index in [4.69, 9.17) is 54.4 Å². The summed E-state index contributed by atoms with van der Waals surface area (Å²) in [6, 6.07) is 4.92. The Bertz CT molecular complexity index is 611. The molecule has 4 N–H and O–H groups in total. The zero-order valence-electron chi connectivity index (χ0n) is 11.3. The van der Waals surface area contributed by atoms with Crippen molar-refractivity contribution in [2.75, 3.05) is 6.61 Å². The first kappa shape index (κ1) is 23.6. The lowest BCUT2D eigenvalue weighted by molar-refractivity contribution is 0.200. The van der Waals surface area contributed by atoms with Gasteiger partial charge in [0.15, 0.2) is 0 Å². The maximum absolute atomic E-state index is 10.5. The number of hydrogen-bond acceptors (Lipinski definition) is 4. The van der Waals surface area contributed by atoms with Crippen molar-refractivity contribution in [1.29, 1.82) is 0 Å². The summed E-state index contributed by atoms with van der Waals surface area (Å²) in [7, 11) is -8.98. The van der Waals surface area contributed by atoms with Crippen LogP contribution < -0.4 is 4.52 Å². The van der Waals surface area contributed by atoms with E-state index in [1.54, 1.807) is 12.1 Å². The Hall–Kier alpha value is 0.630. The molecule has 0 bridgehead atoms. The molecule has 0 saturated carbocycles. The second-order valence-electron chi connectivity index (χ2n) is 3.89.